The van der Waals surface area contributed by atoms with Gasteiger partial charge >= 0.3 is 0 Å². The zero-order valence-corrected chi connectivity index (χ0v) is 35.3. The minimum absolute atomic E-state index is 0.579. The number of hydrogen-bond acceptors (Lipinski definition) is 4. The molecule has 0 saturated carbocycles. The van der Waals surface area contributed by atoms with Gasteiger partial charge in [0.05, 0.1) is 0 Å². The smallest absolute Gasteiger partial charge is 0.164 e. The molecule has 2 heterocycles. The van der Waals surface area contributed by atoms with Gasteiger partial charge in [-0.05, 0) is 79.0 Å². The van der Waals surface area contributed by atoms with E-state index in [1.807, 2.05) is 24.3 Å². The van der Waals surface area contributed by atoms with E-state index in [0.29, 0.717) is 17.5 Å². The summed E-state index contributed by atoms with van der Waals surface area (Å²) in [7, 11) is 0. The number of furan rings is 1. The van der Waals surface area contributed by atoms with Crippen LogP contribution in [0.15, 0.2) is 241 Å². The number of fused-ring (bicyclic) bond motifs is 4. The van der Waals surface area contributed by atoms with Gasteiger partial charge in [0.2, 0.25) is 0 Å². The quantitative estimate of drug-likeness (QED) is 0.153. The van der Waals surface area contributed by atoms with E-state index in [4.69, 9.17) is 19.4 Å². The molecule has 0 N–H and O–H groups in total. The molecular weight excluding hydrogens is 791 g/mol. The molecule has 304 valence electrons. The Hall–Kier alpha value is -8.73. The van der Waals surface area contributed by atoms with Gasteiger partial charge in [-0.2, -0.15) is 0 Å². The zero-order chi connectivity index (χ0) is 43.1. The van der Waals surface area contributed by atoms with E-state index in [2.05, 4.69) is 212 Å². The van der Waals surface area contributed by atoms with Crippen LogP contribution in [0.3, 0.4) is 0 Å². The first-order chi connectivity index (χ1) is 32.2. The van der Waals surface area contributed by atoms with Gasteiger partial charge in [-0.15, -0.1) is 0 Å². The third-order valence-electron chi connectivity index (χ3n) is 12.4. The number of aromatic nitrogens is 3. The van der Waals surface area contributed by atoms with Crippen molar-refractivity contribution < 1.29 is 4.42 Å². The third kappa shape index (κ3) is 7.13. The van der Waals surface area contributed by atoms with Crippen molar-refractivity contribution in [2.45, 2.75) is 0 Å². The zero-order valence-electron chi connectivity index (χ0n) is 35.3. The summed E-state index contributed by atoms with van der Waals surface area (Å²) in [5.41, 5.74) is 15.8. The van der Waals surface area contributed by atoms with Crippen molar-refractivity contribution >= 4 is 32.7 Å². The highest BCUT2D eigenvalue weighted by Gasteiger charge is 2.20. The van der Waals surface area contributed by atoms with Crippen LogP contribution in [0.1, 0.15) is 0 Å². The molecular formula is C61H39N3O. The van der Waals surface area contributed by atoms with Gasteiger partial charge < -0.3 is 4.42 Å². The monoisotopic (exact) mass is 829 g/mol. The van der Waals surface area contributed by atoms with E-state index in [1.165, 1.54) is 22.3 Å². The van der Waals surface area contributed by atoms with Crippen LogP contribution in [0.5, 0.6) is 0 Å². The first-order valence-electron chi connectivity index (χ1n) is 21.9. The van der Waals surface area contributed by atoms with E-state index in [0.717, 1.165) is 82.8 Å². The molecule has 0 bridgehead atoms. The summed E-state index contributed by atoms with van der Waals surface area (Å²) in [5.74, 6) is 1.79. The Morgan fingerprint density at radius 3 is 1.38 bits per heavy atom. The summed E-state index contributed by atoms with van der Waals surface area (Å²) >= 11 is 0. The molecule has 0 aliphatic rings. The fourth-order valence-electron chi connectivity index (χ4n) is 9.09. The van der Waals surface area contributed by atoms with Crippen molar-refractivity contribution in [2.24, 2.45) is 0 Å². The van der Waals surface area contributed by atoms with Gasteiger partial charge in [0.1, 0.15) is 11.2 Å². The molecule has 0 aliphatic carbocycles. The Morgan fingerprint density at radius 1 is 0.262 bits per heavy atom. The Labute approximate surface area is 376 Å². The molecule has 65 heavy (non-hydrogen) atoms. The molecule has 4 heteroatoms. The van der Waals surface area contributed by atoms with Gasteiger partial charge in [0, 0.05) is 33.0 Å². The lowest BCUT2D eigenvalue weighted by Gasteiger charge is -2.12. The predicted molar refractivity (Wildman–Crippen MR) is 268 cm³/mol. The van der Waals surface area contributed by atoms with Crippen LogP contribution in [-0.4, -0.2) is 15.0 Å². The van der Waals surface area contributed by atoms with Crippen molar-refractivity contribution in [3.05, 3.63) is 237 Å². The fraction of sp³-hybridized carbons (Fsp3) is 0. The van der Waals surface area contributed by atoms with Crippen molar-refractivity contribution in [3.63, 3.8) is 0 Å². The highest BCUT2D eigenvalue weighted by molar-refractivity contribution is 6.15. The van der Waals surface area contributed by atoms with Crippen molar-refractivity contribution in [1.82, 2.24) is 15.0 Å². The Morgan fingerprint density at radius 2 is 0.708 bits per heavy atom. The molecule has 0 radical (unpaired) electrons. The lowest BCUT2D eigenvalue weighted by atomic mass is 9.96. The second kappa shape index (κ2) is 16.2. The summed E-state index contributed by atoms with van der Waals surface area (Å²) in [6.07, 6.45) is 0. The SMILES string of the molecule is c1ccc(-c2ccc(-c3nc(-c4cccc5cc(-c6ccccc6)ccc45)nc(-c4cccc5oc6c(-c7ccc(-c8cccc(-c9ccccc9)c8)cc7)cccc6c45)n3)cc2)cc1. The van der Waals surface area contributed by atoms with Gasteiger partial charge in [-0.1, -0.05) is 218 Å². The molecule has 12 rings (SSSR count). The number of nitrogens with zero attached hydrogens (tertiary/aromatic N) is 3. The Bertz CT molecular complexity index is 3670. The molecule has 0 unspecified atom stereocenters. The van der Waals surface area contributed by atoms with Crippen molar-refractivity contribution in [3.8, 4) is 89.8 Å². The Kier molecular flexibility index (Phi) is 9.46. The van der Waals surface area contributed by atoms with E-state index < -0.39 is 0 Å². The average molecular weight is 830 g/mol. The van der Waals surface area contributed by atoms with Crippen LogP contribution < -0.4 is 0 Å². The number of hydrogen-bond donors (Lipinski definition) is 0. The lowest BCUT2D eigenvalue weighted by Crippen LogP contribution is -2.01. The third-order valence-corrected chi connectivity index (χ3v) is 12.4. The molecule has 12 aromatic rings. The summed E-state index contributed by atoms with van der Waals surface area (Å²) in [6, 6.07) is 82.9. The van der Waals surface area contributed by atoms with Crippen LogP contribution in [-0.2, 0) is 0 Å². The van der Waals surface area contributed by atoms with E-state index in [1.54, 1.807) is 0 Å². The summed E-state index contributed by atoms with van der Waals surface area (Å²) in [4.78, 5) is 15.8. The predicted octanol–water partition coefficient (Wildman–Crippen LogP) is 16.3. The summed E-state index contributed by atoms with van der Waals surface area (Å²) in [6.45, 7) is 0. The first-order valence-corrected chi connectivity index (χ1v) is 21.9. The molecule has 2 aromatic heterocycles. The van der Waals surface area contributed by atoms with Crippen LogP contribution >= 0.6 is 0 Å². The molecule has 0 aliphatic heterocycles. The maximum Gasteiger partial charge on any atom is 0.164 e. The van der Waals surface area contributed by atoms with Gasteiger partial charge in [-0.3, -0.25) is 0 Å². The van der Waals surface area contributed by atoms with Crippen LogP contribution in [0, 0.1) is 0 Å². The minimum Gasteiger partial charge on any atom is -0.455 e. The lowest BCUT2D eigenvalue weighted by molar-refractivity contribution is 0.670. The fourth-order valence-corrected chi connectivity index (χ4v) is 9.09. The highest BCUT2D eigenvalue weighted by atomic mass is 16.3. The summed E-state index contributed by atoms with van der Waals surface area (Å²) in [5, 5.41) is 4.15. The van der Waals surface area contributed by atoms with E-state index in [9.17, 15) is 0 Å². The molecule has 10 aromatic carbocycles. The van der Waals surface area contributed by atoms with E-state index >= 15 is 0 Å². The maximum absolute atomic E-state index is 6.80. The second-order valence-corrected chi connectivity index (χ2v) is 16.3. The van der Waals surface area contributed by atoms with Gasteiger partial charge in [-0.25, -0.2) is 15.0 Å². The van der Waals surface area contributed by atoms with E-state index in [-0.39, 0.29) is 0 Å². The normalized spacial score (nSPS) is 11.4. The Balaban J connectivity index is 0.977. The topological polar surface area (TPSA) is 51.8 Å². The molecule has 0 saturated heterocycles. The molecule has 0 amide bonds. The standard InChI is InChI=1S/C61H39N3O/c1-4-14-40(15-5-1)43-30-34-46(35-31-43)59-62-60(53-24-11-22-50-39-49(36-37-51(50)53)42-18-8-3-9-19-42)64-61(63-59)55-26-13-27-56-57(55)54-25-12-23-52(58(54)65-56)45-32-28-44(29-33-45)48-21-10-20-47(38-48)41-16-6-2-7-17-41/h1-39H. The number of rotatable bonds is 8. The molecule has 0 atom stereocenters. The van der Waals surface area contributed by atoms with Crippen LogP contribution in [0.25, 0.3) is 123 Å². The van der Waals surface area contributed by atoms with Crippen LogP contribution in [0.2, 0.25) is 0 Å². The van der Waals surface area contributed by atoms with Crippen molar-refractivity contribution in [1.29, 1.82) is 0 Å². The molecule has 0 spiro atoms. The maximum atomic E-state index is 6.80. The largest absolute Gasteiger partial charge is 0.455 e. The van der Waals surface area contributed by atoms with Gasteiger partial charge in [0.15, 0.2) is 17.5 Å². The summed E-state index contributed by atoms with van der Waals surface area (Å²) < 4.78 is 6.80. The molecule has 4 nitrogen and oxygen atoms in total. The number of benzene rings is 10. The van der Waals surface area contributed by atoms with Gasteiger partial charge in [0.25, 0.3) is 0 Å². The first kappa shape index (κ1) is 38.0. The average Bonchev–Trinajstić information content (AvgIpc) is 3.79. The van der Waals surface area contributed by atoms with Crippen molar-refractivity contribution in [2.75, 3.05) is 0 Å². The number of para-hydroxylation sites is 1. The second-order valence-electron chi connectivity index (χ2n) is 16.3. The highest BCUT2D eigenvalue weighted by Crippen LogP contribution is 2.41. The minimum atomic E-state index is 0.579. The molecule has 0 fully saturated rings. The van der Waals surface area contributed by atoms with Crippen LogP contribution in [0.4, 0.5) is 0 Å².